The van der Waals surface area contributed by atoms with Crippen molar-refractivity contribution in [3.8, 4) is 5.75 Å². The molecule has 0 unspecified atom stereocenters. The third kappa shape index (κ3) is 5.44. The van der Waals surface area contributed by atoms with E-state index in [1.807, 2.05) is 12.1 Å². The van der Waals surface area contributed by atoms with Gasteiger partial charge in [-0.1, -0.05) is 36.4 Å². The van der Waals surface area contributed by atoms with Crippen molar-refractivity contribution in [2.45, 2.75) is 61.5 Å². The highest BCUT2D eigenvalue weighted by molar-refractivity contribution is 7.97. The molecule has 3 aromatic rings. The summed E-state index contributed by atoms with van der Waals surface area (Å²) in [4.78, 5) is 3.07. The van der Waals surface area contributed by atoms with E-state index < -0.39 is 12.5 Å². The van der Waals surface area contributed by atoms with Gasteiger partial charge in [-0.25, -0.2) is 0 Å². The van der Waals surface area contributed by atoms with Crippen LogP contribution in [0.3, 0.4) is 0 Å². The van der Waals surface area contributed by atoms with Gasteiger partial charge in [0.1, 0.15) is 5.75 Å². The zero-order valence-electron chi connectivity index (χ0n) is 19.0. The number of benzene rings is 3. The highest BCUT2D eigenvalue weighted by Crippen LogP contribution is 2.41. The lowest BCUT2D eigenvalue weighted by atomic mass is 9.86. The summed E-state index contributed by atoms with van der Waals surface area (Å²) in [5.41, 5.74) is 4.85. The van der Waals surface area contributed by atoms with Crippen molar-refractivity contribution >= 4 is 23.3 Å². The van der Waals surface area contributed by atoms with Crippen molar-refractivity contribution in [3.63, 3.8) is 0 Å². The van der Waals surface area contributed by atoms with E-state index in [0.29, 0.717) is 0 Å². The second-order valence-electron chi connectivity index (χ2n) is 8.96. The predicted molar refractivity (Wildman–Crippen MR) is 132 cm³/mol. The lowest BCUT2D eigenvalue weighted by Gasteiger charge is -2.43. The summed E-state index contributed by atoms with van der Waals surface area (Å²) >= 11 is 1.32. The summed E-state index contributed by atoms with van der Waals surface area (Å²) in [6.45, 7) is 0. The number of rotatable bonds is 5. The number of fused-ring (bicyclic) bond motifs is 2. The van der Waals surface area contributed by atoms with Crippen molar-refractivity contribution in [1.82, 2.24) is 4.72 Å². The fourth-order valence-corrected chi connectivity index (χ4v) is 5.91. The van der Waals surface area contributed by atoms with Gasteiger partial charge < -0.3 is 14.7 Å². The standard InChI is InChI=1S/C27H27F3N2O2S/c28-27(29,30)34-20-14-16-21(17-15-20)35-31-22-8-5-11-25(26(22)33)32-23-9-3-1-6-18(23)12-13-19-7-2-4-10-24(19)32/h1-4,6-7,9-10,14-17,22,25-26,31,33H,5,8,11-13H2/t22-,25+,26+/m0/s1. The van der Waals surface area contributed by atoms with Gasteiger partial charge in [-0.15, -0.1) is 13.2 Å². The number of ether oxygens (including phenoxy) is 1. The molecule has 184 valence electrons. The van der Waals surface area contributed by atoms with E-state index in [-0.39, 0.29) is 17.8 Å². The lowest BCUT2D eigenvalue weighted by molar-refractivity contribution is -0.274. The molecule has 2 N–H and O–H groups in total. The van der Waals surface area contributed by atoms with Gasteiger partial charge in [0.2, 0.25) is 0 Å². The SMILES string of the molecule is O[C@@H]1[C@@H](NSc2ccc(OC(F)(F)F)cc2)CCC[C@H]1N1c2ccccc2CCc2ccccc21. The topological polar surface area (TPSA) is 44.7 Å². The second-order valence-corrected chi connectivity index (χ2v) is 9.87. The van der Waals surface area contributed by atoms with E-state index in [2.05, 4.69) is 50.8 Å². The van der Waals surface area contributed by atoms with Gasteiger partial charge in [0.05, 0.1) is 12.1 Å². The smallest absolute Gasteiger partial charge is 0.406 e. The Balaban J connectivity index is 1.34. The van der Waals surface area contributed by atoms with Crippen LogP contribution in [0.15, 0.2) is 77.7 Å². The van der Waals surface area contributed by atoms with E-state index in [0.717, 1.165) is 48.4 Å². The van der Waals surface area contributed by atoms with Crippen molar-refractivity contribution in [2.75, 3.05) is 4.90 Å². The number of alkyl halides is 3. The van der Waals surface area contributed by atoms with E-state index in [4.69, 9.17) is 0 Å². The first kappa shape index (κ1) is 24.0. The van der Waals surface area contributed by atoms with Crippen LogP contribution in [0.4, 0.5) is 24.5 Å². The lowest BCUT2D eigenvalue weighted by Crippen LogP contribution is -2.53. The Kier molecular flexibility index (Phi) is 6.95. The highest BCUT2D eigenvalue weighted by atomic mass is 32.2. The number of anilines is 2. The van der Waals surface area contributed by atoms with Crippen LogP contribution in [0.25, 0.3) is 0 Å². The number of hydrogen-bond donors (Lipinski definition) is 2. The third-order valence-electron chi connectivity index (χ3n) is 6.70. The molecule has 1 aliphatic carbocycles. The molecule has 8 heteroatoms. The molecule has 3 aromatic carbocycles. The van der Waals surface area contributed by atoms with Gasteiger partial charge in [-0.2, -0.15) is 0 Å². The minimum Gasteiger partial charge on any atom is -0.406 e. The largest absolute Gasteiger partial charge is 0.573 e. The summed E-state index contributed by atoms with van der Waals surface area (Å²) < 4.78 is 44.5. The molecular formula is C27H27F3N2O2S. The van der Waals surface area contributed by atoms with Gasteiger partial charge in [0, 0.05) is 22.3 Å². The fourth-order valence-electron chi connectivity index (χ4n) is 5.09. The van der Waals surface area contributed by atoms with Crippen LogP contribution in [0.1, 0.15) is 30.4 Å². The number of nitrogens with one attached hydrogen (secondary N) is 1. The number of aliphatic hydroxyl groups is 1. The molecule has 0 saturated heterocycles. The first-order valence-corrected chi connectivity index (χ1v) is 12.6. The molecule has 35 heavy (non-hydrogen) atoms. The first-order chi connectivity index (χ1) is 16.9. The Hall–Kier alpha value is -2.68. The fraction of sp³-hybridized carbons (Fsp3) is 0.333. The van der Waals surface area contributed by atoms with Crippen molar-refractivity contribution < 1.29 is 23.0 Å². The Labute approximate surface area is 207 Å². The van der Waals surface area contributed by atoms with Crippen LogP contribution in [-0.2, 0) is 12.8 Å². The molecular weight excluding hydrogens is 473 g/mol. The Morgan fingerprint density at radius 1 is 0.857 bits per heavy atom. The van der Waals surface area contributed by atoms with Gasteiger partial charge in [0.25, 0.3) is 0 Å². The zero-order chi connectivity index (χ0) is 24.4. The summed E-state index contributed by atoms with van der Waals surface area (Å²) in [5.74, 6) is -0.252. The molecule has 0 spiro atoms. The van der Waals surface area contributed by atoms with Gasteiger partial charge in [-0.05, 0) is 91.6 Å². The second kappa shape index (κ2) is 10.1. The Morgan fingerprint density at radius 3 is 2.06 bits per heavy atom. The Morgan fingerprint density at radius 2 is 1.46 bits per heavy atom. The maximum Gasteiger partial charge on any atom is 0.573 e. The number of aryl methyl sites for hydroxylation is 2. The summed E-state index contributed by atoms with van der Waals surface area (Å²) in [7, 11) is 0. The number of para-hydroxylation sites is 2. The molecule has 1 fully saturated rings. The van der Waals surface area contributed by atoms with Gasteiger partial charge >= 0.3 is 6.36 Å². The van der Waals surface area contributed by atoms with Crippen molar-refractivity contribution in [3.05, 3.63) is 83.9 Å². The van der Waals surface area contributed by atoms with E-state index >= 15 is 0 Å². The van der Waals surface area contributed by atoms with Gasteiger partial charge in [0.15, 0.2) is 0 Å². The van der Waals surface area contributed by atoms with Gasteiger partial charge in [-0.3, -0.25) is 4.72 Å². The molecule has 3 atom stereocenters. The Bertz CT molecular complexity index is 1110. The molecule has 0 bridgehead atoms. The molecule has 5 rings (SSSR count). The summed E-state index contributed by atoms with van der Waals surface area (Å²) in [6, 6.07) is 22.3. The van der Waals surface area contributed by atoms with Crippen molar-refractivity contribution in [2.24, 2.45) is 0 Å². The molecule has 0 aromatic heterocycles. The van der Waals surface area contributed by atoms with E-state index in [1.165, 1.54) is 35.2 Å². The minimum absolute atomic E-state index is 0.0928. The van der Waals surface area contributed by atoms with Crippen LogP contribution >= 0.6 is 11.9 Å². The number of hydrogen-bond acceptors (Lipinski definition) is 5. The monoisotopic (exact) mass is 500 g/mol. The number of halogens is 3. The van der Waals surface area contributed by atoms with Crippen LogP contribution < -0.4 is 14.4 Å². The number of nitrogens with zero attached hydrogens (tertiary/aromatic N) is 1. The predicted octanol–water partition coefficient (Wildman–Crippen LogP) is 6.40. The molecule has 4 nitrogen and oxygen atoms in total. The summed E-state index contributed by atoms with van der Waals surface area (Å²) in [5, 5.41) is 11.5. The van der Waals surface area contributed by atoms with E-state index in [1.54, 1.807) is 12.1 Å². The molecule has 2 aliphatic rings. The van der Waals surface area contributed by atoms with Crippen LogP contribution in [0.2, 0.25) is 0 Å². The highest BCUT2D eigenvalue weighted by Gasteiger charge is 2.38. The summed E-state index contributed by atoms with van der Waals surface area (Å²) in [6.07, 6.45) is -0.773. The zero-order valence-corrected chi connectivity index (χ0v) is 19.9. The van der Waals surface area contributed by atoms with E-state index in [9.17, 15) is 18.3 Å². The average molecular weight is 501 g/mol. The first-order valence-electron chi connectivity index (χ1n) is 11.8. The molecule has 1 heterocycles. The van der Waals surface area contributed by atoms with Crippen LogP contribution in [-0.4, -0.2) is 29.7 Å². The molecule has 0 radical (unpaired) electrons. The maximum absolute atomic E-state index is 12.4. The molecule has 0 amide bonds. The molecule has 1 saturated carbocycles. The normalized spacial score (nSPS) is 22.2. The number of aliphatic hydroxyl groups excluding tert-OH is 1. The quantitative estimate of drug-likeness (QED) is 0.397. The minimum atomic E-state index is -4.71. The average Bonchev–Trinajstić information content (AvgIpc) is 3.01. The van der Waals surface area contributed by atoms with Crippen LogP contribution in [0, 0.1) is 0 Å². The maximum atomic E-state index is 12.4. The molecule has 1 aliphatic heterocycles. The third-order valence-corrected chi connectivity index (χ3v) is 7.63. The van der Waals surface area contributed by atoms with Crippen LogP contribution in [0.5, 0.6) is 5.75 Å². The van der Waals surface area contributed by atoms with Crippen molar-refractivity contribution in [1.29, 1.82) is 0 Å².